The Morgan fingerprint density at radius 3 is 2.34 bits per heavy atom. The number of alkyl carbamates (subject to hydrolysis) is 2. The molecule has 20 nitrogen and oxygen atoms in total. The lowest BCUT2D eigenvalue weighted by molar-refractivity contribution is -0.191. The minimum absolute atomic E-state index is 0.00907. The number of amides is 6. The van der Waals surface area contributed by atoms with E-state index in [1.165, 1.54) is 0 Å². The number of aromatic nitrogens is 2. The number of urea groups is 1. The number of halogens is 1. The smallest absolute Gasteiger partial charge is 0.408 e. The molecule has 4 heterocycles. The standard InChI is InChI=1S/C53H65BrN8O12/c1-7-53(36-24-40-43-32(23-34-37(54)13-11-14-38(34)59-43)26-62(40)46(66)35(36)28-71-47(53)67)73-41(63)25-52(20-9-8-10-21-52)29-57-49(69)72-27-31-16-18-33(19-17-31)58-44(64)39(15-12-22-56-48(55)68)60-45(65)42(30(2)3)61-50(70)74-51(4,5)6/h11,13-14,16-19,23-24,30,39,42H,7-10,12,15,20-22,25-29H2,1-6H3,(H,57,69)(H,58,64)(H,60,65)(H,61,70)(H3,55,56,68)/t39-,42?,53-/m0/s1. The number of hydrogen-bond acceptors (Lipinski definition) is 13. The average Bonchev–Trinajstić information content (AvgIpc) is 3.71. The van der Waals surface area contributed by atoms with Gasteiger partial charge in [-0.3, -0.25) is 19.2 Å². The molecule has 21 heteroatoms. The van der Waals surface area contributed by atoms with E-state index in [0.717, 1.165) is 40.2 Å². The number of carbonyl (C=O) groups excluding carboxylic acids is 7. The van der Waals surface area contributed by atoms with Crippen molar-refractivity contribution in [2.24, 2.45) is 17.1 Å². The van der Waals surface area contributed by atoms with Crippen molar-refractivity contribution in [3.05, 3.63) is 91.7 Å². The molecule has 7 rings (SSSR count). The summed E-state index contributed by atoms with van der Waals surface area (Å²) in [6.07, 6.45) is 2.57. The number of anilines is 1. The molecule has 2 aliphatic heterocycles. The lowest BCUT2D eigenvalue weighted by atomic mass is 9.71. The summed E-state index contributed by atoms with van der Waals surface area (Å²) in [6, 6.07) is 13.1. The molecule has 2 aromatic carbocycles. The van der Waals surface area contributed by atoms with Gasteiger partial charge in [0, 0.05) is 39.8 Å². The van der Waals surface area contributed by atoms with Crippen molar-refractivity contribution in [3.8, 4) is 11.4 Å². The highest BCUT2D eigenvalue weighted by molar-refractivity contribution is 9.10. The van der Waals surface area contributed by atoms with Gasteiger partial charge >= 0.3 is 30.2 Å². The molecule has 1 fully saturated rings. The third-order valence-electron chi connectivity index (χ3n) is 13.6. The number of nitrogens with two attached hydrogens (primary N) is 1. The van der Waals surface area contributed by atoms with Crippen LogP contribution in [-0.2, 0) is 63.5 Å². The molecule has 4 aromatic rings. The van der Waals surface area contributed by atoms with E-state index in [1.54, 1.807) is 76.4 Å². The lowest BCUT2D eigenvalue weighted by Gasteiger charge is -2.39. The Hall–Kier alpha value is -7.03. The van der Waals surface area contributed by atoms with E-state index >= 15 is 0 Å². The molecular formula is C53H65BrN8O12. The first-order chi connectivity index (χ1) is 35.1. The number of nitrogens with zero attached hydrogens (tertiary/aromatic N) is 2. The maximum atomic E-state index is 14.2. The molecule has 2 aromatic heterocycles. The highest BCUT2D eigenvalue weighted by Crippen LogP contribution is 2.44. The minimum atomic E-state index is -1.88. The molecule has 0 radical (unpaired) electrons. The topological polar surface area (TPSA) is 277 Å². The average molecular weight is 1090 g/mol. The molecule has 6 amide bonds. The molecule has 1 saturated carbocycles. The van der Waals surface area contributed by atoms with Crippen LogP contribution in [0.1, 0.15) is 122 Å². The summed E-state index contributed by atoms with van der Waals surface area (Å²) in [5.74, 6) is -2.95. The Kier molecular flexibility index (Phi) is 17.0. The van der Waals surface area contributed by atoms with Crippen molar-refractivity contribution < 1.29 is 52.5 Å². The molecule has 74 heavy (non-hydrogen) atoms. The molecule has 0 saturated heterocycles. The first-order valence-corrected chi connectivity index (χ1v) is 25.8. The summed E-state index contributed by atoms with van der Waals surface area (Å²) in [5, 5.41) is 14.3. The van der Waals surface area contributed by atoms with E-state index in [2.05, 4.69) is 42.5 Å². The Morgan fingerprint density at radius 2 is 1.66 bits per heavy atom. The van der Waals surface area contributed by atoms with Gasteiger partial charge in [0.2, 0.25) is 17.4 Å². The monoisotopic (exact) mass is 1080 g/mol. The summed E-state index contributed by atoms with van der Waals surface area (Å²) in [7, 11) is 0. The summed E-state index contributed by atoms with van der Waals surface area (Å²) < 4.78 is 25.2. The second kappa shape index (κ2) is 23.0. The van der Waals surface area contributed by atoms with Crippen LogP contribution in [0.15, 0.2) is 63.9 Å². The fourth-order valence-electron chi connectivity index (χ4n) is 9.77. The minimum Gasteiger partial charge on any atom is -0.457 e. The molecule has 0 spiro atoms. The second-order valence-corrected chi connectivity index (χ2v) is 21.4. The van der Waals surface area contributed by atoms with Crippen molar-refractivity contribution >= 4 is 74.5 Å². The quantitative estimate of drug-likeness (QED) is 0.0291. The number of cyclic esters (lactones) is 1. The van der Waals surface area contributed by atoms with Crippen LogP contribution < -0.4 is 37.9 Å². The summed E-state index contributed by atoms with van der Waals surface area (Å²) in [5.41, 5.74) is 5.65. The van der Waals surface area contributed by atoms with Gasteiger partial charge in [0.15, 0.2) is 0 Å². The fourth-order valence-corrected chi connectivity index (χ4v) is 10.2. The van der Waals surface area contributed by atoms with Crippen molar-refractivity contribution in [1.29, 1.82) is 0 Å². The van der Waals surface area contributed by atoms with Crippen molar-refractivity contribution in [2.45, 2.75) is 142 Å². The lowest BCUT2D eigenvalue weighted by Crippen LogP contribution is -2.55. The van der Waals surface area contributed by atoms with Crippen LogP contribution in [0.3, 0.4) is 0 Å². The van der Waals surface area contributed by atoms with Crippen molar-refractivity contribution in [3.63, 3.8) is 0 Å². The second-order valence-electron chi connectivity index (χ2n) is 20.6. The SMILES string of the molecule is CC[C@@]1(OC(=O)CC2(CNC(=O)OCc3ccc(NC(=O)[C@H](CCCNC(N)=O)NC(=O)C(NC(=O)OC(C)(C)C)C(C)C)cc3)CCCCC2)C(=O)OCc2c1cc1n(c2=O)Cc2cc3c(Br)cccc3nc2-1. The first kappa shape index (κ1) is 54.7. The zero-order chi connectivity index (χ0) is 53.5. The van der Waals surface area contributed by atoms with Gasteiger partial charge in [0.25, 0.3) is 5.56 Å². The Labute approximate surface area is 437 Å². The van der Waals surface area contributed by atoms with Crippen molar-refractivity contribution in [2.75, 3.05) is 18.4 Å². The molecular weight excluding hydrogens is 1020 g/mol. The van der Waals surface area contributed by atoms with Crippen LogP contribution in [0, 0.1) is 11.3 Å². The number of primary amides is 1. The largest absolute Gasteiger partial charge is 0.457 e. The predicted molar refractivity (Wildman–Crippen MR) is 276 cm³/mol. The first-order valence-electron chi connectivity index (χ1n) is 25.0. The summed E-state index contributed by atoms with van der Waals surface area (Å²) in [4.78, 5) is 111. The van der Waals surface area contributed by atoms with Gasteiger partial charge in [-0.1, -0.05) is 74.2 Å². The van der Waals surface area contributed by atoms with Gasteiger partial charge in [-0.2, -0.15) is 0 Å². The van der Waals surface area contributed by atoms with Crippen LogP contribution in [0.5, 0.6) is 0 Å². The van der Waals surface area contributed by atoms with Gasteiger partial charge in [0.05, 0.1) is 35.4 Å². The van der Waals surface area contributed by atoms with Gasteiger partial charge in [0.1, 0.15) is 30.9 Å². The molecule has 396 valence electrons. The third kappa shape index (κ3) is 12.8. The van der Waals surface area contributed by atoms with Gasteiger partial charge < -0.3 is 55.8 Å². The van der Waals surface area contributed by atoms with E-state index in [9.17, 15) is 38.4 Å². The van der Waals surface area contributed by atoms with Crippen LogP contribution in [0.25, 0.3) is 22.3 Å². The number of ether oxygens (including phenoxy) is 4. The fraction of sp³-hybridized carbons (Fsp3) is 0.491. The number of esters is 2. The maximum absolute atomic E-state index is 14.2. The van der Waals surface area contributed by atoms with Crippen LogP contribution in [0.4, 0.5) is 20.1 Å². The van der Waals surface area contributed by atoms with E-state index in [1.807, 2.05) is 24.3 Å². The highest BCUT2D eigenvalue weighted by atomic mass is 79.9. The van der Waals surface area contributed by atoms with Gasteiger partial charge in [-0.15, -0.1) is 0 Å². The summed E-state index contributed by atoms with van der Waals surface area (Å²) in [6.45, 7) is 10.4. The van der Waals surface area contributed by atoms with Crippen LogP contribution in [0.2, 0.25) is 0 Å². The number of rotatable bonds is 18. The molecule has 1 unspecified atom stereocenters. The Morgan fingerprint density at radius 1 is 0.932 bits per heavy atom. The predicted octanol–water partition coefficient (Wildman–Crippen LogP) is 7.08. The molecule has 3 atom stereocenters. The molecule has 1 aliphatic carbocycles. The third-order valence-corrected chi connectivity index (χ3v) is 14.3. The molecule has 7 N–H and O–H groups in total. The summed E-state index contributed by atoms with van der Waals surface area (Å²) >= 11 is 3.60. The van der Waals surface area contributed by atoms with Gasteiger partial charge in [-0.25, -0.2) is 24.2 Å². The Balaban J connectivity index is 0.966. The highest BCUT2D eigenvalue weighted by Gasteiger charge is 2.51. The number of carbonyl (C=O) groups is 7. The van der Waals surface area contributed by atoms with E-state index in [0.29, 0.717) is 35.5 Å². The zero-order valence-corrected chi connectivity index (χ0v) is 44.2. The number of pyridine rings is 2. The molecule has 0 bridgehead atoms. The van der Waals surface area contributed by atoms with E-state index in [-0.39, 0.29) is 81.1 Å². The van der Waals surface area contributed by atoms with Gasteiger partial charge in [-0.05, 0) is 106 Å². The molecule has 3 aliphatic rings. The Bertz CT molecular complexity index is 2880. The number of benzene rings is 2. The van der Waals surface area contributed by atoms with E-state index < -0.39 is 70.7 Å². The number of fused-ring (bicyclic) bond motifs is 5. The maximum Gasteiger partial charge on any atom is 0.408 e. The zero-order valence-electron chi connectivity index (χ0n) is 42.6. The number of nitrogens with one attached hydrogen (secondary N) is 5. The number of hydrogen-bond donors (Lipinski definition) is 6. The van der Waals surface area contributed by atoms with E-state index in [4.69, 9.17) is 29.7 Å². The van der Waals surface area contributed by atoms with Crippen molar-refractivity contribution in [1.82, 2.24) is 30.8 Å². The normalized spacial score (nSPS) is 17.3. The van der Waals surface area contributed by atoms with Crippen LogP contribution >= 0.6 is 15.9 Å². The van der Waals surface area contributed by atoms with Crippen LogP contribution in [-0.4, -0.2) is 82.3 Å².